The molecule has 3 unspecified atom stereocenters. The summed E-state index contributed by atoms with van der Waals surface area (Å²) in [5.41, 5.74) is 5.24. The van der Waals surface area contributed by atoms with Crippen LogP contribution in [0.5, 0.6) is 0 Å². The normalized spacial score (nSPS) is 36.5. The van der Waals surface area contributed by atoms with Crippen molar-refractivity contribution in [1.29, 1.82) is 10.5 Å². The van der Waals surface area contributed by atoms with Gasteiger partial charge in [0.05, 0.1) is 18.7 Å². The van der Waals surface area contributed by atoms with Crippen LogP contribution in [-0.2, 0) is 4.79 Å². The average Bonchev–Trinajstić information content (AvgIpc) is 3.14. The number of hydrogen-bond acceptors (Lipinski definition) is 5. The Morgan fingerprint density at radius 3 is 1.31 bits per heavy atom. The van der Waals surface area contributed by atoms with Crippen LogP contribution < -0.4 is 0 Å². The molecule has 0 aliphatic heterocycles. The molecule has 3 atom stereocenters. The molecule has 288 valence electrons. The third kappa shape index (κ3) is 9.83. The number of carbonyl (C=O) groups is 1. The topological polar surface area (TPSA) is 105 Å². The van der Waals surface area contributed by atoms with Crippen molar-refractivity contribution in [2.75, 3.05) is 6.61 Å². The highest BCUT2D eigenvalue weighted by Gasteiger charge is 2.42. The molecule has 0 bridgehead atoms. The van der Waals surface area contributed by atoms with Crippen molar-refractivity contribution in [3.8, 4) is 12.1 Å². The third-order valence-electron chi connectivity index (χ3n) is 14.7. The molecule has 0 saturated heterocycles. The fourth-order valence-electron chi connectivity index (χ4n) is 9.46. The molecule has 0 amide bonds. The number of carbonyl (C=O) groups excluding carboxylic acids is 1. The molecule has 0 radical (unpaired) electrons. The van der Waals surface area contributed by atoms with Gasteiger partial charge in [-0.25, -0.2) is 0 Å². The second-order valence-electron chi connectivity index (χ2n) is 18.6. The Hall–Kier alpha value is -3.51. The van der Waals surface area contributed by atoms with Gasteiger partial charge in [0.25, 0.3) is 0 Å². The summed E-state index contributed by atoms with van der Waals surface area (Å²) in [4.78, 5) is 10.9. The SMILES string of the molecule is CC1=CCC2(C=CC2)CC1.N#CC1(O)CCC2(C=CC2)CC1.N#CC1=CCC2(C=CC2)CC1.O=C1CCC2(C=CC2)CC1.OCC1=CCC2(C=CC2)CC1. The lowest BCUT2D eigenvalue weighted by atomic mass is 9.63. The molecular weight excluding hydrogens is 665 g/mol. The van der Waals surface area contributed by atoms with Gasteiger partial charge in [-0.3, -0.25) is 4.79 Å². The molecule has 10 aliphatic carbocycles. The van der Waals surface area contributed by atoms with E-state index in [0.717, 1.165) is 76.2 Å². The number of ketones is 1. The maximum Gasteiger partial charge on any atom is 0.151 e. The third-order valence-corrected chi connectivity index (χ3v) is 14.7. The van der Waals surface area contributed by atoms with Gasteiger partial charge in [0, 0.05) is 18.4 Å². The van der Waals surface area contributed by atoms with E-state index in [0.29, 0.717) is 45.7 Å². The Bertz CT molecular complexity index is 1700. The number of allylic oxidation sites excluding steroid dienone is 15. The number of rotatable bonds is 1. The summed E-state index contributed by atoms with van der Waals surface area (Å²) in [6, 6.07) is 4.22. The summed E-state index contributed by atoms with van der Waals surface area (Å²) < 4.78 is 0. The predicted molar refractivity (Wildman–Crippen MR) is 218 cm³/mol. The molecule has 0 aromatic heterocycles. The molecule has 2 saturated carbocycles. The molecule has 54 heavy (non-hydrogen) atoms. The van der Waals surface area contributed by atoms with Gasteiger partial charge >= 0.3 is 0 Å². The highest BCUT2D eigenvalue weighted by Crippen LogP contribution is 2.50. The van der Waals surface area contributed by atoms with Crippen LogP contribution in [0.1, 0.15) is 148 Å². The first-order valence-electron chi connectivity index (χ1n) is 21.1. The number of aliphatic hydroxyl groups is 2. The zero-order valence-corrected chi connectivity index (χ0v) is 33.0. The van der Waals surface area contributed by atoms with Crippen LogP contribution in [0.2, 0.25) is 0 Å². The second-order valence-corrected chi connectivity index (χ2v) is 18.6. The van der Waals surface area contributed by atoms with Crippen LogP contribution in [0.15, 0.2) is 95.7 Å². The van der Waals surface area contributed by atoms with Gasteiger partial charge in [-0.15, -0.1) is 0 Å². The van der Waals surface area contributed by atoms with Gasteiger partial charge < -0.3 is 10.2 Å². The van der Waals surface area contributed by atoms with E-state index in [4.69, 9.17) is 15.6 Å². The van der Waals surface area contributed by atoms with Gasteiger partial charge in [-0.05, 0) is 168 Å². The van der Waals surface area contributed by atoms with Crippen molar-refractivity contribution in [2.24, 2.45) is 27.1 Å². The number of nitriles is 2. The minimum atomic E-state index is -1.02. The van der Waals surface area contributed by atoms with E-state index in [1.807, 2.05) is 6.07 Å². The van der Waals surface area contributed by atoms with E-state index >= 15 is 0 Å². The van der Waals surface area contributed by atoms with Crippen LogP contribution in [0.3, 0.4) is 0 Å². The van der Waals surface area contributed by atoms with Gasteiger partial charge in [0.2, 0.25) is 0 Å². The molecular formula is C49H64N2O3. The molecule has 10 rings (SSSR count). The Labute approximate surface area is 325 Å². The van der Waals surface area contributed by atoms with Crippen molar-refractivity contribution < 1.29 is 15.0 Å². The summed E-state index contributed by atoms with van der Waals surface area (Å²) in [6.07, 6.45) is 53.5. The maximum absolute atomic E-state index is 10.9. The van der Waals surface area contributed by atoms with Crippen molar-refractivity contribution in [3.05, 3.63) is 95.7 Å². The summed E-state index contributed by atoms with van der Waals surface area (Å²) in [5.74, 6) is 0.464. The summed E-state index contributed by atoms with van der Waals surface area (Å²) in [6.45, 7) is 2.51. The van der Waals surface area contributed by atoms with Crippen LogP contribution in [-0.4, -0.2) is 28.2 Å². The Morgan fingerprint density at radius 1 is 0.556 bits per heavy atom. The standard InChI is InChI=1S/C10H13NO.C10H11N.C10H14O.C10H14.C9H12O/c11-8-10(12)6-4-9(5-7-10)2-1-3-9;2*11-8-9-2-6-10(7-3-9)4-1-5-10;1-9-3-7-10(8-4-9)5-2-6-10;10-8-2-6-9(7-3-8)4-1-5-9/h1-2,12H,3-7H2;1-2,4H,3,5-7H2;1-2,4,11H,3,5-8H2;2-3,5H,4,6-8H2,1H3;1,4H,2-3,5-7H2. The highest BCUT2D eigenvalue weighted by atomic mass is 16.3. The zero-order chi connectivity index (χ0) is 38.2. The summed E-state index contributed by atoms with van der Waals surface area (Å²) in [7, 11) is 0. The monoisotopic (exact) mass is 728 g/mol. The summed E-state index contributed by atoms with van der Waals surface area (Å²) >= 11 is 0. The highest BCUT2D eigenvalue weighted by molar-refractivity contribution is 5.79. The van der Waals surface area contributed by atoms with Gasteiger partial charge in [-0.1, -0.05) is 84.6 Å². The van der Waals surface area contributed by atoms with Gasteiger partial charge in [0.1, 0.15) is 5.78 Å². The maximum atomic E-state index is 10.9. The lowest BCUT2D eigenvalue weighted by molar-refractivity contribution is -0.121. The molecule has 2 N–H and O–H groups in total. The number of nitrogens with zero attached hydrogens (tertiary/aromatic N) is 2. The van der Waals surface area contributed by atoms with Gasteiger partial charge in [-0.2, -0.15) is 10.5 Å². The Balaban J connectivity index is 0.000000115. The predicted octanol–water partition coefficient (Wildman–Crippen LogP) is 11.5. The Morgan fingerprint density at radius 2 is 0.981 bits per heavy atom. The number of hydrogen-bond donors (Lipinski definition) is 2. The largest absolute Gasteiger partial charge is 0.392 e. The van der Waals surface area contributed by atoms with E-state index in [2.05, 4.69) is 92.0 Å². The quantitative estimate of drug-likeness (QED) is 0.207. The van der Waals surface area contributed by atoms with Crippen molar-refractivity contribution in [3.63, 3.8) is 0 Å². The molecule has 0 aromatic rings. The lowest BCUT2D eigenvalue weighted by Gasteiger charge is -2.43. The van der Waals surface area contributed by atoms with E-state index in [9.17, 15) is 9.90 Å². The second kappa shape index (κ2) is 17.1. The minimum Gasteiger partial charge on any atom is -0.392 e. The van der Waals surface area contributed by atoms with Crippen LogP contribution in [0.25, 0.3) is 0 Å². The Kier molecular flexibility index (Phi) is 12.7. The van der Waals surface area contributed by atoms with Crippen molar-refractivity contribution >= 4 is 5.78 Å². The van der Waals surface area contributed by atoms with Crippen molar-refractivity contribution in [2.45, 2.75) is 154 Å². The molecule has 0 heterocycles. The van der Waals surface area contributed by atoms with Crippen LogP contribution in [0.4, 0.5) is 0 Å². The smallest absolute Gasteiger partial charge is 0.151 e. The molecule has 0 aromatic carbocycles. The van der Waals surface area contributed by atoms with Crippen LogP contribution in [0, 0.1) is 49.7 Å². The van der Waals surface area contributed by atoms with Crippen molar-refractivity contribution in [1.82, 2.24) is 0 Å². The number of aliphatic hydroxyl groups excluding tert-OH is 1. The number of Topliss-reactive ketones (excluding diaryl/α,β-unsaturated/α-hetero) is 1. The summed E-state index contributed by atoms with van der Waals surface area (Å²) in [5, 5.41) is 35.8. The van der Waals surface area contributed by atoms with Gasteiger partial charge in [0.15, 0.2) is 5.60 Å². The molecule has 2 fully saturated rings. The first kappa shape index (κ1) is 40.2. The first-order valence-corrected chi connectivity index (χ1v) is 21.1. The average molecular weight is 729 g/mol. The minimum absolute atomic E-state index is 0.264. The van der Waals surface area contributed by atoms with E-state index in [1.165, 1.54) is 63.4 Å². The fourth-order valence-corrected chi connectivity index (χ4v) is 9.46. The molecule has 5 heteroatoms. The lowest BCUT2D eigenvalue weighted by Crippen LogP contribution is -2.38. The fraction of sp³-hybridized carbons (Fsp3) is 0.612. The molecule has 10 aliphatic rings. The van der Waals surface area contributed by atoms with E-state index < -0.39 is 5.60 Å². The van der Waals surface area contributed by atoms with Crippen LogP contribution >= 0.6 is 0 Å². The zero-order valence-electron chi connectivity index (χ0n) is 33.0. The molecule has 5 spiro atoms. The van der Waals surface area contributed by atoms with E-state index in [-0.39, 0.29) is 6.61 Å². The van der Waals surface area contributed by atoms with E-state index in [1.54, 1.807) is 5.57 Å². The molecule has 5 nitrogen and oxygen atoms in total. The first-order chi connectivity index (χ1) is 26.0.